The van der Waals surface area contributed by atoms with E-state index < -0.39 is 42.2 Å². The first-order chi connectivity index (χ1) is 15.1. The van der Waals surface area contributed by atoms with E-state index in [1.54, 1.807) is 50.3 Å². The molecule has 0 aromatic carbocycles. The second kappa shape index (κ2) is 9.20. The van der Waals surface area contributed by atoms with E-state index in [1.807, 2.05) is 13.0 Å². The molecular formula is C26H28F2N2O2. The van der Waals surface area contributed by atoms with Gasteiger partial charge < -0.3 is 4.74 Å². The van der Waals surface area contributed by atoms with Crippen molar-refractivity contribution in [3.8, 4) is 6.07 Å². The molecule has 2 fully saturated rings. The molecule has 1 aliphatic heterocycles. The molecule has 1 aromatic rings. The number of cyclic esters (lactones) is 1. The number of carbonyl (C=O) groups excluding carboxylic acids is 1. The van der Waals surface area contributed by atoms with Crippen molar-refractivity contribution in [2.24, 2.45) is 23.7 Å². The van der Waals surface area contributed by atoms with Crippen LogP contribution < -0.4 is 0 Å². The van der Waals surface area contributed by atoms with Crippen LogP contribution in [0.2, 0.25) is 0 Å². The first kappa shape index (κ1) is 23.6. The molecule has 0 bridgehead atoms. The molecule has 0 amide bonds. The Morgan fingerprint density at radius 1 is 1.38 bits per heavy atom. The molecule has 0 radical (unpaired) electrons. The standard InChI is InChI=1S/C26H28F2N2O2/c1-6-8-22(18(7-2)14-29)21-12-10-19(30-16(21)4)9-11-20-15(3)26(27,28)13-23-24(20)17(5)32-25(23)31/h6-12,15,17,20,23-24H,1,13H2,2-5H3. The highest BCUT2D eigenvalue weighted by atomic mass is 19.3. The highest BCUT2D eigenvalue weighted by Crippen LogP contribution is 2.52. The minimum Gasteiger partial charge on any atom is -0.462 e. The normalized spacial score (nSPS) is 30.0. The number of esters is 1. The third-order valence-electron chi connectivity index (χ3n) is 6.66. The summed E-state index contributed by atoms with van der Waals surface area (Å²) in [6.45, 7) is 10.7. The highest BCUT2D eigenvalue weighted by molar-refractivity contribution is 5.84. The number of nitrogens with zero attached hydrogens (tertiary/aromatic N) is 2. The second-order valence-electron chi connectivity index (χ2n) is 8.52. The summed E-state index contributed by atoms with van der Waals surface area (Å²) >= 11 is 0. The van der Waals surface area contributed by atoms with Crippen LogP contribution in [0.25, 0.3) is 11.6 Å². The molecule has 168 valence electrons. The average Bonchev–Trinajstić information content (AvgIpc) is 3.01. The van der Waals surface area contributed by atoms with E-state index in [0.29, 0.717) is 17.0 Å². The van der Waals surface area contributed by atoms with Gasteiger partial charge >= 0.3 is 5.97 Å². The smallest absolute Gasteiger partial charge is 0.309 e. The van der Waals surface area contributed by atoms with Crippen LogP contribution in [0.5, 0.6) is 0 Å². The zero-order valence-corrected chi connectivity index (χ0v) is 18.8. The maximum Gasteiger partial charge on any atom is 0.309 e. The molecule has 2 heterocycles. The van der Waals surface area contributed by atoms with Crippen LogP contribution in [0.1, 0.15) is 44.1 Å². The maximum atomic E-state index is 14.6. The van der Waals surface area contributed by atoms with Gasteiger partial charge in [-0.2, -0.15) is 5.26 Å². The van der Waals surface area contributed by atoms with Gasteiger partial charge in [-0.05, 0) is 38.8 Å². The third-order valence-corrected chi connectivity index (χ3v) is 6.66. The van der Waals surface area contributed by atoms with Crippen LogP contribution in [0.4, 0.5) is 8.78 Å². The molecule has 1 aliphatic carbocycles. The number of aromatic nitrogens is 1. The lowest BCUT2D eigenvalue weighted by atomic mass is 9.64. The number of carbonyl (C=O) groups is 1. The molecule has 5 atom stereocenters. The number of alkyl halides is 2. The molecule has 5 unspecified atom stereocenters. The van der Waals surface area contributed by atoms with Gasteiger partial charge in [-0.15, -0.1) is 0 Å². The molecule has 1 saturated carbocycles. The van der Waals surface area contributed by atoms with Crippen LogP contribution in [0.3, 0.4) is 0 Å². The number of nitriles is 1. The van der Waals surface area contributed by atoms with Crippen LogP contribution >= 0.6 is 0 Å². The van der Waals surface area contributed by atoms with Gasteiger partial charge in [0.05, 0.1) is 23.3 Å². The summed E-state index contributed by atoms with van der Waals surface area (Å²) in [5.74, 6) is -5.92. The third kappa shape index (κ3) is 4.29. The first-order valence-corrected chi connectivity index (χ1v) is 10.8. The lowest BCUT2D eigenvalue weighted by Crippen LogP contribution is -2.46. The van der Waals surface area contributed by atoms with Crippen molar-refractivity contribution in [2.45, 2.75) is 46.1 Å². The Labute approximate surface area is 188 Å². The van der Waals surface area contributed by atoms with Gasteiger partial charge in [0.2, 0.25) is 0 Å². The van der Waals surface area contributed by atoms with Crippen molar-refractivity contribution in [1.29, 1.82) is 5.26 Å². The van der Waals surface area contributed by atoms with Crippen LogP contribution in [0.15, 0.2) is 48.6 Å². The Kier molecular flexibility index (Phi) is 6.78. The molecule has 3 rings (SSSR count). The minimum absolute atomic E-state index is 0.274. The van der Waals surface area contributed by atoms with Crippen molar-refractivity contribution in [3.05, 3.63) is 65.5 Å². The number of allylic oxidation sites excluding steroid dienone is 6. The molecular weight excluding hydrogens is 410 g/mol. The summed E-state index contributed by atoms with van der Waals surface area (Å²) in [6.07, 6.45) is 7.76. The summed E-state index contributed by atoms with van der Waals surface area (Å²) in [5, 5.41) is 9.42. The fourth-order valence-electron chi connectivity index (χ4n) is 4.91. The number of hydrogen-bond donors (Lipinski definition) is 0. The summed E-state index contributed by atoms with van der Waals surface area (Å²) in [4.78, 5) is 16.7. The minimum atomic E-state index is -2.93. The molecule has 4 nitrogen and oxygen atoms in total. The largest absolute Gasteiger partial charge is 0.462 e. The van der Waals surface area contributed by atoms with Gasteiger partial charge in [-0.25, -0.2) is 8.78 Å². The van der Waals surface area contributed by atoms with Gasteiger partial charge in [0, 0.05) is 35.1 Å². The number of fused-ring (bicyclic) bond motifs is 1. The van der Waals surface area contributed by atoms with E-state index in [0.717, 1.165) is 11.1 Å². The van der Waals surface area contributed by atoms with E-state index in [9.17, 15) is 18.8 Å². The number of rotatable bonds is 5. The molecule has 1 aromatic heterocycles. The van der Waals surface area contributed by atoms with Crippen molar-refractivity contribution in [1.82, 2.24) is 4.98 Å². The summed E-state index contributed by atoms with van der Waals surface area (Å²) in [5.41, 5.74) is 3.38. The Bertz CT molecular complexity index is 1050. The number of aryl methyl sites for hydroxylation is 1. The summed E-state index contributed by atoms with van der Waals surface area (Å²) < 4.78 is 34.6. The number of pyridine rings is 1. The molecule has 1 saturated heterocycles. The quantitative estimate of drug-likeness (QED) is 0.326. The average molecular weight is 439 g/mol. The van der Waals surface area contributed by atoms with Crippen molar-refractivity contribution < 1.29 is 18.3 Å². The Morgan fingerprint density at radius 2 is 2.09 bits per heavy atom. The highest BCUT2D eigenvalue weighted by Gasteiger charge is 2.59. The van der Waals surface area contributed by atoms with Crippen molar-refractivity contribution in [2.75, 3.05) is 0 Å². The fraction of sp³-hybridized carbons (Fsp3) is 0.423. The lowest BCUT2D eigenvalue weighted by molar-refractivity contribution is -0.152. The van der Waals surface area contributed by atoms with E-state index >= 15 is 0 Å². The van der Waals surface area contributed by atoms with Gasteiger partial charge in [0.25, 0.3) is 5.92 Å². The number of halogens is 2. The van der Waals surface area contributed by atoms with E-state index in [4.69, 9.17) is 4.74 Å². The zero-order valence-electron chi connectivity index (χ0n) is 18.8. The van der Waals surface area contributed by atoms with Gasteiger partial charge in [0.15, 0.2) is 0 Å². The fourth-order valence-corrected chi connectivity index (χ4v) is 4.91. The maximum absolute atomic E-state index is 14.6. The van der Waals surface area contributed by atoms with Crippen molar-refractivity contribution in [3.63, 3.8) is 0 Å². The predicted molar refractivity (Wildman–Crippen MR) is 120 cm³/mol. The summed E-state index contributed by atoms with van der Waals surface area (Å²) in [6, 6.07) is 5.84. The van der Waals surface area contributed by atoms with Gasteiger partial charge in [0.1, 0.15) is 6.10 Å². The van der Waals surface area contributed by atoms with Gasteiger partial charge in [-0.3, -0.25) is 9.78 Å². The molecule has 0 N–H and O–H groups in total. The van der Waals surface area contributed by atoms with Crippen LogP contribution in [-0.4, -0.2) is 23.0 Å². The first-order valence-electron chi connectivity index (χ1n) is 10.8. The molecule has 6 heteroatoms. The molecule has 2 aliphatic rings. The molecule has 0 spiro atoms. The lowest BCUT2D eigenvalue weighted by Gasteiger charge is -2.41. The topological polar surface area (TPSA) is 63.0 Å². The monoisotopic (exact) mass is 438 g/mol. The predicted octanol–water partition coefficient (Wildman–Crippen LogP) is 5.91. The van der Waals surface area contributed by atoms with Crippen LogP contribution in [-0.2, 0) is 9.53 Å². The Hall–Kier alpha value is -3.07. The number of hydrogen-bond acceptors (Lipinski definition) is 4. The van der Waals surface area contributed by atoms with E-state index in [1.165, 1.54) is 6.92 Å². The number of ether oxygens (including phenoxy) is 1. The van der Waals surface area contributed by atoms with Gasteiger partial charge in [-0.1, -0.05) is 43.9 Å². The van der Waals surface area contributed by atoms with Crippen LogP contribution in [0, 0.1) is 41.9 Å². The zero-order chi connectivity index (χ0) is 23.6. The second-order valence-corrected chi connectivity index (χ2v) is 8.52. The van der Waals surface area contributed by atoms with E-state index in [2.05, 4.69) is 17.6 Å². The molecule has 32 heavy (non-hydrogen) atoms. The van der Waals surface area contributed by atoms with Crippen molar-refractivity contribution >= 4 is 17.6 Å². The Balaban J connectivity index is 1.93. The Morgan fingerprint density at radius 3 is 2.69 bits per heavy atom. The summed E-state index contributed by atoms with van der Waals surface area (Å²) in [7, 11) is 0. The SMILES string of the molecule is C=CC=C(C(C#N)=CC)c1ccc(C=CC2C3C(C)OC(=O)C3CC(F)(F)C2C)nc1C. The van der Waals surface area contributed by atoms with E-state index in [-0.39, 0.29) is 5.92 Å².